The molecular formula is C14H18FNO5. The Bertz CT molecular complexity index is 495. The third-order valence-electron chi connectivity index (χ3n) is 2.29. The standard InChI is InChI=1S/C14H18FNO5/c1-14(2,3)20-13(19)16-21-11(8-12(17)18)9-4-6-10(15)7-5-9/h4-7,11H,8H2,1-3H3,(H,16,19)(H,17,18). The van der Waals surface area contributed by atoms with Crippen molar-refractivity contribution < 1.29 is 28.7 Å². The Morgan fingerprint density at radius 2 is 1.86 bits per heavy atom. The molecule has 1 rings (SSSR count). The zero-order valence-electron chi connectivity index (χ0n) is 12.1. The molecule has 0 aliphatic heterocycles. The third-order valence-corrected chi connectivity index (χ3v) is 2.29. The Kier molecular flexibility index (Phi) is 5.66. The van der Waals surface area contributed by atoms with Gasteiger partial charge in [0, 0.05) is 0 Å². The smallest absolute Gasteiger partial charge is 0.431 e. The molecule has 0 spiro atoms. The number of hydrogen-bond acceptors (Lipinski definition) is 4. The van der Waals surface area contributed by atoms with Crippen molar-refractivity contribution in [3.63, 3.8) is 0 Å². The number of hydroxylamine groups is 1. The van der Waals surface area contributed by atoms with Crippen LogP contribution in [0, 0.1) is 5.82 Å². The Hall–Kier alpha value is -2.15. The third kappa shape index (κ3) is 6.71. The van der Waals surface area contributed by atoms with Gasteiger partial charge in [0.15, 0.2) is 0 Å². The highest BCUT2D eigenvalue weighted by Crippen LogP contribution is 2.21. The fraction of sp³-hybridized carbons (Fsp3) is 0.429. The van der Waals surface area contributed by atoms with Gasteiger partial charge in [0.25, 0.3) is 0 Å². The Labute approximate surface area is 121 Å². The molecule has 1 aromatic rings. The summed E-state index contributed by atoms with van der Waals surface area (Å²) in [5.74, 6) is -1.57. The summed E-state index contributed by atoms with van der Waals surface area (Å²) in [5.41, 5.74) is 1.76. The number of aliphatic carboxylic acids is 1. The van der Waals surface area contributed by atoms with Crippen molar-refractivity contribution in [2.45, 2.75) is 38.9 Å². The molecule has 1 atom stereocenters. The maximum absolute atomic E-state index is 12.9. The molecule has 0 fully saturated rings. The normalized spacial score (nSPS) is 12.6. The summed E-state index contributed by atoms with van der Waals surface area (Å²) in [6, 6.07) is 5.14. The number of nitrogens with one attached hydrogen (secondary N) is 1. The number of benzene rings is 1. The molecule has 1 aromatic carbocycles. The predicted octanol–water partition coefficient (Wildman–Crippen LogP) is 2.80. The van der Waals surface area contributed by atoms with E-state index in [0.29, 0.717) is 5.56 Å². The van der Waals surface area contributed by atoms with Crippen molar-refractivity contribution in [3.05, 3.63) is 35.6 Å². The summed E-state index contributed by atoms with van der Waals surface area (Å²) in [4.78, 5) is 27.4. The number of ether oxygens (including phenoxy) is 1. The highest BCUT2D eigenvalue weighted by atomic mass is 19.1. The van der Waals surface area contributed by atoms with Gasteiger partial charge in [0.1, 0.15) is 17.5 Å². The van der Waals surface area contributed by atoms with Crippen LogP contribution >= 0.6 is 0 Å². The average molecular weight is 299 g/mol. The van der Waals surface area contributed by atoms with Crippen LogP contribution in [-0.4, -0.2) is 22.8 Å². The zero-order valence-corrected chi connectivity index (χ0v) is 12.1. The molecule has 2 N–H and O–H groups in total. The van der Waals surface area contributed by atoms with E-state index in [2.05, 4.69) is 0 Å². The molecule has 116 valence electrons. The quantitative estimate of drug-likeness (QED) is 0.817. The number of hydrogen-bond donors (Lipinski definition) is 2. The molecule has 0 heterocycles. The van der Waals surface area contributed by atoms with Crippen LogP contribution in [0.3, 0.4) is 0 Å². The van der Waals surface area contributed by atoms with E-state index in [0.717, 1.165) is 0 Å². The highest BCUT2D eigenvalue weighted by molar-refractivity contribution is 5.68. The average Bonchev–Trinajstić information content (AvgIpc) is 2.33. The van der Waals surface area contributed by atoms with Crippen molar-refractivity contribution in [2.75, 3.05) is 0 Å². The van der Waals surface area contributed by atoms with Gasteiger partial charge in [-0.2, -0.15) is 5.48 Å². The van der Waals surface area contributed by atoms with Gasteiger partial charge in [-0.1, -0.05) is 12.1 Å². The Balaban J connectivity index is 2.69. The number of rotatable bonds is 5. The first-order chi connectivity index (χ1) is 9.67. The van der Waals surface area contributed by atoms with Crippen molar-refractivity contribution >= 4 is 12.1 Å². The fourth-order valence-corrected chi connectivity index (χ4v) is 1.48. The van der Waals surface area contributed by atoms with Gasteiger partial charge < -0.3 is 9.84 Å². The summed E-state index contributed by atoms with van der Waals surface area (Å²) in [6.07, 6.45) is -2.17. The van der Waals surface area contributed by atoms with E-state index < -0.39 is 29.6 Å². The zero-order chi connectivity index (χ0) is 16.0. The minimum Gasteiger partial charge on any atom is -0.481 e. The van der Waals surface area contributed by atoms with E-state index in [1.807, 2.05) is 5.48 Å². The first kappa shape index (κ1) is 16.9. The van der Waals surface area contributed by atoms with Crippen LogP contribution < -0.4 is 5.48 Å². The summed E-state index contributed by atoms with van der Waals surface area (Å²) in [7, 11) is 0. The second kappa shape index (κ2) is 7.03. The molecule has 0 saturated carbocycles. The topological polar surface area (TPSA) is 84.9 Å². The van der Waals surface area contributed by atoms with E-state index in [1.165, 1.54) is 24.3 Å². The first-order valence-electron chi connectivity index (χ1n) is 6.29. The van der Waals surface area contributed by atoms with Crippen molar-refractivity contribution in [1.82, 2.24) is 5.48 Å². The number of carboxylic acids is 1. The molecule has 1 unspecified atom stereocenters. The van der Waals surface area contributed by atoms with E-state index in [4.69, 9.17) is 14.7 Å². The highest BCUT2D eigenvalue weighted by Gasteiger charge is 2.21. The lowest BCUT2D eigenvalue weighted by molar-refractivity contribution is -0.142. The Morgan fingerprint density at radius 3 is 2.33 bits per heavy atom. The van der Waals surface area contributed by atoms with E-state index in [9.17, 15) is 14.0 Å². The van der Waals surface area contributed by atoms with Gasteiger partial charge in [-0.15, -0.1) is 0 Å². The lowest BCUT2D eigenvalue weighted by Gasteiger charge is -2.21. The first-order valence-corrected chi connectivity index (χ1v) is 6.29. The molecule has 1 amide bonds. The summed E-state index contributed by atoms with van der Waals surface area (Å²) >= 11 is 0. The van der Waals surface area contributed by atoms with E-state index in [-0.39, 0.29) is 6.42 Å². The van der Waals surface area contributed by atoms with Gasteiger partial charge in [-0.3, -0.25) is 9.63 Å². The maximum atomic E-state index is 12.9. The molecule has 0 bridgehead atoms. The van der Waals surface area contributed by atoms with Crippen LogP contribution in [0.1, 0.15) is 38.9 Å². The molecule has 0 radical (unpaired) electrons. The van der Waals surface area contributed by atoms with Crippen LogP contribution in [-0.2, 0) is 14.4 Å². The molecule has 0 aliphatic rings. The fourth-order valence-electron chi connectivity index (χ4n) is 1.48. The summed E-state index contributed by atoms with van der Waals surface area (Å²) < 4.78 is 17.8. The minimum absolute atomic E-state index is 0.387. The maximum Gasteiger partial charge on any atom is 0.431 e. The summed E-state index contributed by atoms with van der Waals surface area (Å²) in [6.45, 7) is 5.05. The molecule has 21 heavy (non-hydrogen) atoms. The number of halogens is 1. The van der Waals surface area contributed by atoms with E-state index >= 15 is 0 Å². The van der Waals surface area contributed by atoms with Gasteiger partial charge in [0.05, 0.1) is 6.42 Å². The van der Waals surface area contributed by atoms with Crippen molar-refractivity contribution in [2.24, 2.45) is 0 Å². The molecule has 0 saturated heterocycles. The van der Waals surface area contributed by atoms with Gasteiger partial charge in [0.2, 0.25) is 0 Å². The number of amides is 1. The SMILES string of the molecule is CC(C)(C)OC(=O)NOC(CC(=O)O)c1ccc(F)cc1. The molecule has 0 aromatic heterocycles. The van der Waals surface area contributed by atoms with Crippen LogP contribution in [0.2, 0.25) is 0 Å². The van der Waals surface area contributed by atoms with Crippen molar-refractivity contribution in [3.8, 4) is 0 Å². The lowest BCUT2D eigenvalue weighted by atomic mass is 10.1. The van der Waals surface area contributed by atoms with Crippen LogP contribution in [0.15, 0.2) is 24.3 Å². The van der Waals surface area contributed by atoms with Gasteiger partial charge in [-0.05, 0) is 38.5 Å². The molecule has 0 aliphatic carbocycles. The predicted molar refractivity (Wildman–Crippen MR) is 71.8 cm³/mol. The number of carbonyl (C=O) groups is 2. The second-order valence-corrected chi connectivity index (χ2v) is 5.36. The largest absolute Gasteiger partial charge is 0.481 e. The molecule has 7 heteroatoms. The lowest BCUT2D eigenvalue weighted by Crippen LogP contribution is -2.33. The van der Waals surface area contributed by atoms with Crippen LogP contribution in [0.5, 0.6) is 0 Å². The number of carboxylic acid groups (broad SMARTS) is 1. The molecule has 6 nitrogen and oxygen atoms in total. The Morgan fingerprint density at radius 1 is 1.29 bits per heavy atom. The second-order valence-electron chi connectivity index (χ2n) is 5.36. The van der Waals surface area contributed by atoms with Crippen LogP contribution in [0.25, 0.3) is 0 Å². The van der Waals surface area contributed by atoms with Crippen LogP contribution in [0.4, 0.5) is 9.18 Å². The van der Waals surface area contributed by atoms with Crippen molar-refractivity contribution in [1.29, 1.82) is 0 Å². The number of carbonyl (C=O) groups excluding carboxylic acids is 1. The van der Waals surface area contributed by atoms with Gasteiger partial charge >= 0.3 is 12.1 Å². The minimum atomic E-state index is -1.12. The monoisotopic (exact) mass is 299 g/mol. The van der Waals surface area contributed by atoms with Gasteiger partial charge in [-0.25, -0.2) is 9.18 Å². The summed E-state index contributed by atoms with van der Waals surface area (Å²) in [5, 5.41) is 8.85. The molecular weight excluding hydrogens is 281 g/mol. The van der Waals surface area contributed by atoms with E-state index in [1.54, 1.807) is 20.8 Å².